The van der Waals surface area contributed by atoms with Crippen LogP contribution in [0.5, 0.6) is 0 Å². The van der Waals surface area contributed by atoms with Crippen LogP contribution in [0.1, 0.15) is 31.7 Å². The number of hydrogen-bond donors (Lipinski definition) is 1. The van der Waals surface area contributed by atoms with Crippen molar-refractivity contribution in [2.75, 3.05) is 6.54 Å². The Balaban J connectivity index is 1.79. The highest BCUT2D eigenvalue weighted by molar-refractivity contribution is 5.74. The molecule has 102 valence electrons. The molecule has 1 aromatic carbocycles. The van der Waals surface area contributed by atoms with Crippen molar-refractivity contribution >= 4 is 5.97 Å². The quantitative estimate of drug-likeness (QED) is 0.903. The molecule has 0 aromatic heterocycles. The van der Waals surface area contributed by atoms with Crippen molar-refractivity contribution in [2.24, 2.45) is 11.8 Å². The van der Waals surface area contributed by atoms with E-state index >= 15 is 0 Å². The van der Waals surface area contributed by atoms with Crippen LogP contribution in [0.3, 0.4) is 0 Å². The van der Waals surface area contributed by atoms with Crippen molar-refractivity contribution in [3.63, 3.8) is 0 Å². The number of fused-ring (bicyclic) bond motifs is 1. The second kappa shape index (κ2) is 4.64. The number of likely N-dealkylation sites (tertiary alicyclic amines) is 1. The minimum atomic E-state index is -0.672. The van der Waals surface area contributed by atoms with E-state index in [1.807, 2.05) is 19.9 Å². The van der Waals surface area contributed by atoms with E-state index in [0.717, 1.165) is 13.0 Å². The molecule has 2 fully saturated rings. The Bertz CT molecular complexity index is 471. The number of rotatable bonds is 4. The maximum Gasteiger partial charge on any atom is 0.321 e. The normalized spacial score (nSPS) is 31.2. The third-order valence-corrected chi connectivity index (χ3v) is 4.66. The molecule has 0 spiro atoms. The first-order valence-corrected chi connectivity index (χ1v) is 7.14. The molecule has 1 aromatic rings. The molecule has 0 unspecified atom stereocenters. The molecule has 1 saturated carbocycles. The number of carbonyl (C=O) groups is 1. The zero-order chi connectivity index (χ0) is 13.6. The molecule has 0 radical (unpaired) electrons. The van der Waals surface area contributed by atoms with Crippen LogP contribution in [0.25, 0.3) is 0 Å². The Morgan fingerprint density at radius 2 is 2.00 bits per heavy atom. The van der Waals surface area contributed by atoms with E-state index in [1.54, 1.807) is 0 Å². The molecule has 3 heteroatoms. The summed E-state index contributed by atoms with van der Waals surface area (Å²) >= 11 is 0. The summed E-state index contributed by atoms with van der Waals surface area (Å²) in [7, 11) is 0. The molecule has 3 nitrogen and oxygen atoms in total. The number of carboxylic acids is 1. The largest absolute Gasteiger partial charge is 0.480 e. The van der Waals surface area contributed by atoms with E-state index < -0.39 is 5.97 Å². The monoisotopic (exact) mass is 259 g/mol. The van der Waals surface area contributed by atoms with Crippen molar-refractivity contribution in [3.05, 3.63) is 35.9 Å². The Morgan fingerprint density at radius 1 is 1.32 bits per heavy atom. The summed E-state index contributed by atoms with van der Waals surface area (Å²) in [5.41, 5.74) is 1.37. The number of hydrogen-bond acceptors (Lipinski definition) is 2. The van der Waals surface area contributed by atoms with Gasteiger partial charge in [0.25, 0.3) is 0 Å². The maximum atomic E-state index is 11.5. The van der Waals surface area contributed by atoms with E-state index in [-0.39, 0.29) is 12.0 Å². The average molecular weight is 259 g/mol. The molecule has 2 aliphatic rings. The third kappa shape index (κ3) is 2.06. The third-order valence-electron chi connectivity index (χ3n) is 4.66. The number of benzene rings is 1. The summed E-state index contributed by atoms with van der Waals surface area (Å²) in [6.07, 6.45) is 1.14. The van der Waals surface area contributed by atoms with E-state index in [0.29, 0.717) is 17.9 Å². The maximum absolute atomic E-state index is 11.5. The lowest BCUT2D eigenvalue weighted by molar-refractivity contribution is -0.145. The van der Waals surface area contributed by atoms with E-state index in [9.17, 15) is 9.90 Å². The summed E-state index contributed by atoms with van der Waals surface area (Å²) < 4.78 is 0. The fourth-order valence-corrected chi connectivity index (χ4v) is 3.86. The number of nitrogens with zero attached hydrogens (tertiary/aromatic N) is 1. The first-order chi connectivity index (χ1) is 9.11. The van der Waals surface area contributed by atoms with Crippen LogP contribution < -0.4 is 0 Å². The van der Waals surface area contributed by atoms with Crippen LogP contribution in [0.4, 0.5) is 0 Å². The van der Waals surface area contributed by atoms with Crippen LogP contribution >= 0.6 is 0 Å². The van der Waals surface area contributed by atoms with Gasteiger partial charge in [0.15, 0.2) is 0 Å². The Labute approximate surface area is 114 Å². The van der Waals surface area contributed by atoms with Gasteiger partial charge in [0.2, 0.25) is 0 Å². The summed E-state index contributed by atoms with van der Waals surface area (Å²) in [4.78, 5) is 13.7. The Kier molecular flexibility index (Phi) is 3.09. The van der Waals surface area contributed by atoms with Gasteiger partial charge in [-0.15, -0.1) is 0 Å². The zero-order valence-electron chi connectivity index (χ0n) is 11.5. The van der Waals surface area contributed by atoms with Crippen LogP contribution in [0.15, 0.2) is 30.3 Å². The standard InChI is InChI=1S/C16H21NO2/c1-10(2)14(16(18)19)17-9-8-12-13(15(12)17)11-6-4-3-5-7-11/h3-7,10,12-15H,8-9H2,1-2H3,(H,18,19)/t12-,13-,14+,15-/m1/s1. The molecule has 0 bridgehead atoms. The highest BCUT2D eigenvalue weighted by atomic mass is 16.4. The lowest BCUT2D eigenvalue weighted by Crippen LogP contribution is -2.45. The van der Waals surface area contributed by atoms with Crippen LogP contribution in [0.2, 0.25) is 0 Å². The van der Waals surface area contributed by atoms with Crippen molar-refractivity contribution in [2.45, 2.75) is 38.3 Å². The van der Waals surface area contributed by atoms with Crippen molar-refractivity contribution in [1.29, 1.82) is 0 Å². The summed E-state index contributed by atoms with van der Waals surface area (Å²) in [6.45, 7) is 4.95. The van der Waals surface area contributed by atoms with Crippen molar-refractivity contribution in [3.8, 4) is 0 Å². The number of piperidine rings is 1. The second-order valence-electron chi connectivity index (χ2n) is 6.14. The number of carboxylic acid groups (broad SMARTS) is 1. The van der Waals surface area contributed by atoms with E-state index in [2.05, 4.69) is 29.2 Å². The average Bonchev–Trinajstić information content (AvgIpc) is 2.95. The predicted molar refractivity (Wildman–Crippen MR) is 74.0 cm³/mol. The van der Waals surface area contributed by atoms with Crippen molar-refractivity contribution < 1.29 is 9.90 Å². The Morgan fingerprint density at radius 3 is 2.58 bits per heavy atom. The van der Waals surface area contributed by atoms with Gasteiger partial charge in [-0.25, -0.2) is 0 Å². The molecule has 3 rings (SSSR count). The fraction of sp³-hybridized carbons (Fsp3) is 0.562. The fourth-order valence-electron chi connectivity index (χ4n) is 3.86. The molecule has 1 heterocycles. The molecular formula is C16H21NO2. The molecule has 4 atom stereocenters. The molecule has 0 amide bonds. The first kappa shape index (κ1) is 12.7. The predicted octanol–water partition coefficient (Wildman–Crippen LogP) is 2.58. The molecule has 1 N–H and O–H groups in total. The SMILES string of the molecule is CC(C)[C@@H](C(=O)O)N1CC[C@@H]2[C@@H](c3ccccc3)[C@@H]21. The summed E-state index contributed by atoms with van der Waals surface area (Å²) in [5.74, 6) is 0.709. The topological polar surface area (TPSA) is 40.5 Å². The zero-order valence-corrected chi connectivity index (χ0v) is 11.5. The number of aliphatic carboxylic acids is 1. The van der Waals surface area contributed by atoms with Gasteiger partial charge in [-0.05, 0) is 30.4 Å². The van der Waals surface area contributed by atoms with Gasteiger partial charge in [-0.1, -0.05) is 44.2 Å². The van der Waals surface area contributed by atoms with Gasteiger partial charge in [0.05, 0.1) is 0 Å². The van der Waals surface area contributed by atoms with E-state index in [1.165, 1.54) is 5.56 Å². The van der Waals surface area contributed by atoms with Gasteiger partial charge >= 0.3 is 5.97 Å². The smallest absolute Gasteiger partial charge is 0.321 e. The van der Waals surface area contributed by atoms with Crippen LogP contribution in [-0.4, -0.2) is 34.6 Å². The first-order valence-electron chi connectivity index (χ1n) is 7.14. The lowest BCUT2D eigenvalue weighted by atomic mass is 10.0. The minimum Gasteiger partial charge on any atom is -0.480 e. The van der Waals surface area contributed by atoms with E-state index in [4.69, 9.17) is 0 Å². The van der Waals surface area contributed by atoms with Gasteiger partial charge in [-0.2, -0.15) is 0 Å². The van der Waals surface area contributed by atoms with Gasteiger partial charge in [-0.3, -0.25) is 9.69 Å². The van der Waals surface area contributed by atoms with Gasteiger partial charge in [0, 0.05) is 12.0 Å². The summed E-state index contributed by atoms with van der Waals surface area (Å²) in [6, 6.07) is 10.6. The van der Waals surface area contributed by atoms with Crippen molar-refractivity contribution in [1.82, 2.24) is 4.90 Å². The summed E-state index contributed by atoms with van der Waals surface area (Å²) in [5, 5.41) is 9.46. The molecular weight excluding hydrogens is 238 g/mol. The van der Waals surface area contributed by atoms with Gasteiger partial charge in [0.1, 0.15) is 6.04 Å². The minimum absolute atomic E-state index is 0.160. The molecule has 19 heavy (non-hydrogen) atoms. The van der Waals surface area contributed by atoms with Gasteiger partial charge < -0.3 is 5.11 Å². The second-order valence-corrected chi connectivity index (χ2v) is 6.14. The molecule has 1 aliphatic heterocycles. The highest BCUT2D eigenvalue weighted by Gasteiger charge is 2.60. The van der Waals surface area contributed by atoms with Crippen LogP contribution in [-0.2, 0) is 4.79 Å². The lowest BCUT2D eigenvalue weighted by Gasteiger charge is -2.29. The molecule has 1 saturated heterocycles. The van der Waals surface area contributed by atoms with Crippen LogP contribution in [0, 0.1) is 11.8 Å². The highest BCUT2D eigenvalue weighted by Crippen LogP contribution is 2.57. The molecule has 1 aliphatic carbocycles. The Hall–Kier alpha value is -1.35.